The van der Waals surface area contributed by atoms with Crippen LogP contribution in [0.2, 0.25) is 0 Å². The fourth-order valence-corrected chi connectivity index (χ4v) is 3.85. The van der Waals surface area contributed by atoms with Crippen molar-refractivity contribution in [1.82, 2.24) is 20.0 Å². The van der Waals surface area contributed by atoms with Gasteiger partial charge in [0.2, 0.25) is 0 Å². The Morgan fingerprint density at radius 3 is 2.64 bits per heavy atom. The summed E-state index contributed by atoms with van der Waals surface area (Å²) >= 11 is 0. The van der Waals surface area contributed by atoms with Crippen LogP contribution in [0.4, 0.5) is 0 Å². The molecule has 5 heteroatoms. The van der Waals surface area contributed by atoms with Gasteiger partial charge in [-0.3, -0.25) is 9.69 Å². The van der Waals surface area contributed by atoms with Crippen LogP contribution in [0.5, 0.6) is 0 Å². The number of nitrogens with one attached hydrogen (secondary N) is 1. The lowest BCUT2D eigenvalue weighted by Gasteiger charge is -2.22. The van der Waals surface area contributed by atoms with Crippen LogP contribution in [0.1, 0.15) is 29.3 Å². The van der Waals surface area contributed by atoms with Gasteiger partial charge in [-0.25, -0.2) is 4.68 Å². The predicted octanol–water partition coefficient (Wildman–Crippen LogP) is 3.51. The van der Waals surface area contributed by atoms with Gasteiger partial charge in [0, 0.05) is 37.1 Å². The van der Waals surface area contributed by atoms with Gasteiger partial charge in [0.15, 0.2) is 0 Å². The molecule has 1 amide bonds. The molecule has 2 heterocycles. The Morgan fingerprint density at radius 2 is 1.93 bits per heavy atom. The Kier molecular flexibility index (Phi) is 5.53. The minimum Gasteiger partial charge on any atom is -0.349 e. The van der Waals surface area contributed by atoms with Crippen LogP contribution in [0.15, 0.2) is 73.1 Å². The third-order valence-corrected chi connectivity index (χ3v) is 5.52. The fraction of sp³-hybridized carbons (Fsp3) is 0.304. The summed E-state index contributed by atoms with van der Waals surface area (Å²) in [6, 6.07) is 20.2. The average molecular weight is 374 g/mol. The third kappa shape index (κ3) is 4.31. The highest BCUT2D eigenvalue weighted by Gasteiger charge is 2.28. The summed E-state index contributed by atoms with van der Waals surface area (Å²) in [7, 11) is 0. The Bertz CT molecular complexity index is 890. The lowest BCUT2D eigenvalue weighted by molar-refractivity contribution is 0.0927. The van der Waals surface area contributed by atoms with Crippen molar-refractivity contribution < 1.29 is 4.79 Å². The van der Waals surface area contributed by atoms with Crippen molar-refractivity contribution in [3.8, 4) is 5.69 Å². The standard InChI is InChI=1S/C23H26N4O/c1-18(21-12-15-26(17-21)16-19-6-3-2-4-7-19)25-23(28)20-8-10-22(11-9-20)27-14-5-13-24-27/h2-11,13-14,18,21H,12,15-17H2,1H3,(H,25,28)/t18-,21+/m1/s1. The van der Waals surface area contributed by atoms with E-state index >= 15 is 0 Å². The number of carbonyl (C=O) groups is 1. The second kappa shape index (κ2) is 8.40. The highest BCUT2D eigenvalue weighted by atomic mass is 16.1. The first-order chi connectivity index (χ1) is 13.7. The van der Waals surface area contributed by atoms with E-state index in [4.69, 9.17) is 0 Å². The minimum absolute atomic E-state index is 0.0129. The molecule has 5 nitrogen and oxygen atoms in total. The van der Waals surface area contributed by atoms with E-state index in [0.717, 1.165) is 31.7 Å². The van der Waals surface area contributed by atoms with Crippen LogP contribution in [-0.4, -0.2) is 39.7 Å². The summed E-state index contributed by atoms with van der Waals surface area (Å²) in [5.74, 6) is 0.469. The number of aromatic nitrogens is 2. The van der Waals surface area contributed by atoms with Gasteiger partial charge in [-0.1, -0.05) is 30.3 Å². The molecular weight excluding hydrogens is 348 g/mol. The van der Waals surface area contributed by atoms with Crippen LogP contribution < -0.4 is 5.32 Å². The molecule has 1 aromatic heterocycles. The zero-order valence-electron chi connectivity index (χ0n) is 16.2. The third-order valence-electron chi connectivity index (χ3n) is 5.52. The monoisotopic (exact) mass is 374 g/mol. The van der Waals surface area contributed by atoms with E-state index < -0.39 is 0 Å². The van der Waals surface area contributed by atoms with Crippen LogP contribution in [0.25, 0.3) is 5.69 Å². The number of amides is 1. The topological polar surface area (TPSA) is 50.2 Å². The molecule has 144 valence electrons. The van der Waals surface area contributed by atoms with Gasteiger partial charge in [0.05, 0.1) is 5.69 Å². The quantitative estimate of drug-likeness (QED) is 0.718. The van der Waals surface area contributed by atoms with Crippen LogP contribution >= 0.6 is 0 Å². The number of hydrogen-bond donors (Lipinski definition) is 1. The molecule has 1 aliphatic rings. The van der Waals surface area contributed by atoms with Crippen molar-refractivity contribution >= 4 is 5.91 Å². The second-order valence-corrected chi connectivity index (χ2v) is 7.53. The van der Waals surface area contributed by atoms with Gasteiger partial charge in [0.25, 0.3) is 5.91 Å². The zero-order valence-corrected chi connectivity index (χ0v) is 16.2. The number of likely N-dealkylation sites (tertiary alicyclic amines) is 1. The molecule has 0 bridgehead atoms. The first-order valence-corrected chi connectivity index (χ1v) is 9.86. The summed E-state index contributed by atoms with van der Waals surface area (Å²) < 4.78 is 1.78. The number of nitrogens with zero attached hydrogens (tertiary/aromatic N) is 3. The first kappa shape index (κ1) is 18.4. The van der Waals surface area contributed by atoms with E-state index in [1.165, 1.54) is 5.56 Å². The van der Waals surface area contributed by atoms with E-state index in [-0.39, 0.29) is 11.9 Å². The Hall–Kier alpha value is -2.92. The predicted molar refractivity (Wildman–Crippen MR) is 110 cm³/mol. The molecule has 0 spiro atoms. The number of benzene rings is 2. The highest BCUT2D eigenvalue weighted by Crippen LogP contribution is 2.22. The summed E-state index contributed by atoms with van der Waals surface area (Å²) in [6.45, 7) is 5.20. The van der Waals surface area contributed by atoms with Crippen molar-refractivity contribution in [2.75, 3.05) is 13.1 Å². The van der Waals surface area contributed by atoms with Crippen molar-refractivity contribution in [2.24, 2.45) is 5.92 Å². The van der Waals surface area contributed by atoms with Gasteiger partial charge in [-0.05, 0) is 61.7 Å². The molecule has 0 unspecified atom stereocenters. The van der Waals surface area contributed by atoms with Gasteiger partial charge >= 0.3 is 0 Å². The highest BCUT2D eigenvalue weighted by molar-refractivity contribution is 5.94. The van der Waals surface area contributed by atoms with E-state index in [2.05, 4.69) is 52.6 Å². The average Bonchev–Trinajstić information content (AvgIpc) is 3.41. The number of hydrogen-bond acceptors (Lipinski definition) is 3. The molecule has 1 fully saturated rings. The summed E-state index contributed by atoms with van der Waals surface area (Å²) in [5.41, 5.74) is 2.97. The van der Waals surface area contributed by atoms with Gasteiger partial charge in [0.1, 0.15) is 0 Å². The van der Waals surface area contributed by atoms with Gasteiger partial charge in [-0.15, -0.1) is 0 Å². The van der Waals surface area contributed by atoms with Gasteiger partial charge < -0.3 is 5.32 Å². The summed E-state index contributed by atoms with van der Waals surface area (Å²) in [4.78, 5) is 15.1. The van der Waals surface area contributed by atoms with Crippen LogP contribution in [0, 0.1) is 5.92 Å². The Labute approximate surface area is 166 Å². The maximum Gasteiger partial charge on any atom is 0.251 e. The second-order valence-electron chi connectivity index (χ2n) is 7.53. The number of carbonyl (C=O) groups excluding carboxylic acids is 1. The molecular formula is C23H26N4O. The van der Waals surface area contributed by atoms with E-state index in [1.54, 1.807) is 10.9 Å². The maximum atomic E-state index is 12.6. The van der Waals surface area contributed by atoms with Crippen LogP contribution in [0.3, 0.4) is 0 Å². The molecule has 28 heavy (non-hydrogen) atoms. The smallest absolute Gasteiger partial charge is 0.251 e. The minimum atomic E-state index is -0.0129. The van der Waals surface area contributed by atoms with Crippen molar-refractivity contribution in [1.29, 1.82) is 0 Å². The lowest BCUT2D eigenvalue weighted by Crippen LogP contribution is -2.39. The fourth-order valence-electron chi connectivity index (χ4n) is 3.85. The van der Waals surface area contributed by atoms with E-state index in [1.807, 2.05) is 36.5 Å². The summed E-state index contributed by atoms with van der Waals surface area (Å²) in [6.07, 6.45) is 4.75. The van der Waals surface area contributed by atoms with Crippen LogP contribution in [-0.2, 0) is 6.54 Å². The van der Waals surface area contributed by atoms with Gasteiger partial charge in [-0.2, -0.15) is 5.10 Å². The molecule has 4 rings (SSSR count). The molecule has 1 saturated heterocycles. The van der Waals surface area contributed by atoms with Crippen molar-refractivity contribution in [3.05, 3.63) is 84.2 Å². The van der Waals surface area contributed by atoms with E-state index in [9.17, 15) is 4.79 Å². The van der Waals surface area contributed by atoms with Crippen molar-refractivity contribution in [3.63, 3.8) is 0 Å². The largest absolute Gasteiger partial charge is 0.349 e. The Balaban J connectivity index is 1.31. The first-order valence-electron chi connectivity index (χ1n) is 9.86. The molecule has 0 radical (unpaired) electrons. The molecule has 1 N–H and O–H groups in total. The molecule has 0 aliphatic carbocycles. The molecule has 0 saturated carbocycles. The maximum absolute atomic E-state index is 12.6. The Morgan fingerprint density at radius 1 is 1.14 bits per heavy atom. The molecule has 3 aromatic rings. The SMILES string of the molecule is C[C@@H](NC(=O)c1ccc(-n2cccn2)cc1)[C@H]1CCN(Cc2ccccc2)C1. The van der Waals surface area contributed by atoms with E-state index in [0.29, 0.717) is 11.5 Å². The molecule has 2 aromatic carbocycles. The number of rotatable bonds is 6. The molecule has 2 atom stereocenters. The zero-order chi connectivity index (χ0) is 19.3. The summed E-state index contributed by atoms with van der Waals surface area (Å²) in [5, 5.41) is 7.40. The lowest BCUT2D eigenvalue weighted by atomic mass is 10.00. The normalized spacial score (nSPS) is 18.1. The molecule has 1 aliphatic heterocycles. The van der Waals surface area contributed by atoms with Crippen molar-refractivity contribution in [2.45, 2.75) is 25.9 Å².